The van der Waals surface area contributed by atoms with Gasteiger partial charge in [0.2, 0.25) is 6.79 Å². The second-order valence-electron chi connectivity index (χ2n) is 9.37. The molecule has 1 amide bonds. The highest BCUT2D eigenvalue weighted by molar-refractivity contribution is 9.10. The lowest BCUT2D eigenvalue weighted by Gasteiger charge is -2.36. The number of amides is 1. The minimum absolute atomic E-state index is 0.0457. The lowest BCUT2D eigenvalue weighted by molar-refractivity contribution is -0.112. The minimum Gasteiger partial charge on any atom is -0.454 e. The molecule has 3 aromatic carbocycles. The van der Waals surface area contributed by atoms with Crippen LogP contribution in [-0.4, -0.2) is 61.1 Å². The molecular weight excluding hydrogens is 520 g/mol. The van der Waals surface area contributed by atoms with Crippen LogP contribution in [-0.2, 0) is 11.3 Å². The number of halogens is 1. The third-order valence-corrected chi connectivity index (χ3v) is 7.80. The van der Waals surface area contributed by atoms with Gasteiger partial charge in [0, 0.05) is 42.8 Å². The number of carbonyl (C=O) groups excluding carboxylic acids is 1. The maximum absolute atomic E-state index is 13.5. The molecule has 3 heterocycles. The molecule has 7 nitrogen and oxygen atoms in total. The molecule has 1 fully saturated rings. The van der Waals surface area contributed by atoms with Crippen molar-refractivity contribution in [2.75, 3.05) is 44.5 Å². The zero-order valence-corrected chi connectivity index (χ0v) is 21.7. The Morgan fingerprint density at radius 3 is 2.53 bits per heavy atom. The summed E-state index contributed by atoms with van der Waals surface area (Å²) in [4.78, 5) is 24.9. The third-order valence-electron chi connectivity index (χ3n) is 6.94. The van der Waals surface area contributed by atoms with Gasteiger partial charge in [-0.2, -0.15) is 0 Å². The topological polar surface area (TPSA) is 57.6 Å². The van der Waals surface area contributed by atoms with E-state index in [9.17, 15) is 4.79 Å². The first kappa shape index (κ1) is 23.2. The molecule has 3 aromatic rings. The van der Waals surface area contributed by atoms with E-state index in [-0.39, 0.29) is 5.91 Å². The van der Waals surface area contributed by atoms with Gasteiger partial charge in [-0.1, -0.05) is 46.3 Å². The fraction of sp³-hybridized carbons (Fsp3) is 0.286. The maximum Gasteiger partial charge on any atom is 0.278 e. The van der Waals surface area contributed by atoms with Crippen LogP contribution in [0.25, 0.3) is 0 Å². The molecule has 0 N–H and O–H groups in total. The zero-order valence-electron chi connectivity index (χ0n) is 20.1. The highest BCUT2D eigenvalue weighted by Gasteiger charge is 2.35. The first-order valence-corrected chi connectivity index (χ1v) is 12.9. The lowest BCUT2D eigenvalue weighted by Crippen LogP contribution is -2.50. The number of carbonyl (C=O) groups is 1. The number of piperazine rings is 1. The number of benzene rings is 3. The number of para-hydroxylation sites is 1. The van der Waals surface area contributed by atoms with Crippen LogP contribution in [0.1, 0.15) is 16.7 Å². The van der Waals surface area contributed by atoms with Crippen molar-refractivity contribution in [3.63, 3.8) is 0 Å². The standard InChI is InChI=1S/C28H27BrN4O3/c1-19-6-8-21(15-23(19)29)30-27-22-4-2-3-5-24(22)33(28(27)34)17-32-12-10-31(11-13-32)16-20-7-9-25-26(14-20)36-18-35-25/h2-9,14-15H,10-13,16-18H2,1H3. The molecule has 8 heteroatoms. The normalized spacial score (nSPS) is 18.8. The van der Waals surface area contributed by atoms with Gasteiger partial charge in [0.15, 0.2) is 11.5 Å². The Hall–Kier alpha value is -3.20. The van der Waals surface area contributed by atoms with Gasteiger partial charge in [-0.25, -0.2) is 4.99 Å². The third kappa shape index (κ3) is 4.52. The molecule has 3 aliphatic heterocycles. The molecule has 0 radical (unpaired) electrons. The van der Waals surface area contributed by atoms with Crippen molar-refractivity contribution in [3.8, 4) is 11.5 Å². The van der Waals surface area contributed by atoms with Gasteiger partial charge in [-0.3, -0.25) is 19.5 Å². The van der Waals surface area contributed by atoms with Crippen LogP contribution in [0.15, 0.2) is 70.1 Å². The summed E-state index contributed by atoms with van der Waals surface area (Å²) in [7, 11) is 0. The van der Waals surface area contributed by atoms with E-state index in [2.05, 4.69) is 37.9 Å². The minimum atomic E-state index is -0.0457. The van der Waals surface area contributed by atoms with Gasteiger partial charge in [0.25, 0.3) is 5.91 Å². The summed E-state index contributed by atoms with van der Waals surface area (Å²) in [5.41, 5.74) is 5.44. The fourth-order valence-corrected chi connectivity index (χ4v) is 5.24. The average molecular weight is 547 g/mol. The van der Waals surface area contributed by atoms with Crippen LogP contribution in [0, 0.1) is 6.92 Å². The summed E-state index contributed by atoms with van der Waals surface area (Å²) >= 11 is 3.57. The monoisotopic (exact) mass is 546 g/mol. The number of nitrogens with zero attached hydrogens (tertiary/aromatic N) is 4. The Bertz CT molecular complexity index is 1350. The lowest BCUT2D eigenvalue weighted by atomic mass is 10.1. The molecule has 0 atom stereocenters. The van der Waals surface area contributed by atoms with Gasteiger partial charge in [-0.15, -0.1) is 0 Å². The van der Waals surface area contributed by atoms with Crippen LogP contribution in [0.3, 0.4) is 0 Å². The predicted molar refractivity (Wildman–Crippen MR) is 143 cm³/mol. The fourth-order valence-electron chi connectivity index (χ4n) is 4.88. The Morgan fingerprint density at radius 1 is 0.917 bits per heavy atom. The van der Waals surface area contributed by atoms with Gasteiger partial charge >= 0.3 is 0 Å². The van der Waals surface area contributed by atoms with Gasteiger partial charge in [0.05, 0.1) is 18.0 Å². The van der Waals surface area contributed by atoms with Crippen LogP contribution in [0.4, 0.5) is 11.4 Å². The molecule has 0 aliphatic carbocycles. The van der Waals surface area contributed by atoms with Crippen molar-refractivity contribution in [1.82, 2.24) is 9.80 Å². The number of aliphatic imine (C=N–C) groups is 1. The molecule has 184 valence electrons. The Labute approximate surface area is 219 Å². The quantitative estimate of drug-likeness (QED) is 0.463. The summed E-state index contributed by atoms with van der Waals surface area (Å²) in [5.74, 6) is 1.60. The van der Waals surface area contributed by atoms with E-state index in [1.165, 1.54) is 5.56 Å². The number of ether oxygens (including phenoxy) is 2. The first-order chi connectivity index (χ1) is 17.5. The largest absolute Gasteiger partial charge is 0.454 e. The van der Waals surface area contributed by atoms with Crippen molar-refractivity contribution >= 4 is 38.9 Å². The van der Waals surface area contributed by atoms with Crippen molar-refractivity contribution in [1.29, 1.82) is 0 Å². The number of aryl methyl sites for hydroxylation is 1. The van der Waals surface area contributed by atoms with E-state index < -0.39 is 0 Å². The van der Waals surface area contributed by atoms with E-state index in [0.29, 0.717) is 19.2 Å². The summed E-state index contributed by atoms with van der Waals surface area (Å²) in [6, 6.07) is 20.0. The maximum atomic E-state index is 13.5. The van der Waals surface area contributed by atoms with Crippen LogP contribution < -0.4 is 14.4 Å². The van der Waals surface area contributed by atoms with Gasteiger partial charge in [-0.05, 0) is 48.4 Å². The molecule has 1 saturated heterocycles. The van der Waals surface area contributed by atoms with E-state index in [1.54, 1.807) is 0 Å². The van der Waals surface area contributed by atoms with E-state index in [1.807, 2.05) is 60.4 Å². The summed E-state index contributed by atoms with van der Waals surface area (Å²) in [5, 5.41) is 0. The number of anilines is 1. The molecule has 0 unspecified atom stereocenters. The van der Waals surface area contributed by atoms with E-state index >= 15 is 0 Å². The van der Waals surface area contributed by atoms with E-state index in [4.69, 9.17) is 14.5 Å². The summed E-state index contributed by atoms with van der Waals surface area (Å²) < 4.78 is 11.9. The van der Waals surface area contributed by atoms with Crippen LogP contribution >= 0.6 is 15.9 Å². The number of hydrogen-bond donors (Lipinski definition) is 0. The highest BCUT2D eigenvalue weighted by atomic mass is 79.9. The first-order valence-electron chi connectivity index (χ1n) is 12.1. The van der Waals surface area contributed by atoms with Crippen molar-refractivity contribution in [2.24, 2.45) is 4.99 Å². The molecule has 6 rings (SSSR count). The smallest absolute Gasteiger partial charge is 0.278 e. The predicted octanol–water partition coefficient (Wildman–Crippen LogP) is 4.73. The zero-order chi connectivity index (χ0) is 24.6. The van der Waals surface area contributed by atoms with Crippen molar-refractivity contribution in [2.45, 2.75) is 13.5 Å². The molecular formula is C28H27BrN4O3. The Balaban J connectivity index is 1.13. The van der Waals surface area contributed by atoms with Gasteiger partial charge in [0.1, 0.15) is 5.71 Å². The number of hydrogen-bond acceptors (Lipinski definition) is 6. The van der Waals surface area contributed by atoms with Crippen LogP contribution in [0.2, 0.25) is 0 Å². The molecule has 3 aliphatic rings. The van der Waals surface area contributed by atoms with Crippen molar-refractivity contribution in [3.05, 3.63) is 81.8 Å². The molecule has 0 aromatic heterocycles. The molecule has 0 spiro atoms. The molecule has 36 heavy (non-hydrogen) atoms. The number of rotatable bonds is 5. The van der Waals surface area contributed by atoms with Crippen LogP contribution in [0.5, 0.6) is 11.5 Å². The SMILES string of the molecule is Cc1ccc(N=C2C(=O)N(CN3CCN(Cc4ccc5c(c4)OCO5)CC3)c3ccccc32)cc1Br. The second kappa shape index (κ2) is 9.69. The Morgan fingerprint density at radius 2 is 1.69 bits per heavy atom. The van der Waals surface area contributed by atoms with Crippen molar-refractivity contribution < 1.29 is 14.3 Å². The summed E-state index contributed by atoms with van der Waals surface area (Å²) in [6.07, 6.45) is 0. The number of fused-ring (bicyclic) bond motifs is 2. The average Bonchev–Trinajstić information content (AvgIpc) is 3.46. The summed E-state index contributed by atoms with van der Waals surface area (Å²) in [6.45, 7) is 7.44. The molecule has 0 saturated carbocycles. The highest BCUT2D eigenvalue weighted by Crippen LogP contribution is 2.34. The Kier molecular flexibility index (Phi) is 6.25. The van der Waals surface area contributed by atoms with E-state index in [0.717, 1.165) is 71.2 Å². The second-order valence-corrected chi connectivity index (χ2v) is 10.2. The van der Waals surface area contributed by atoms with Gasteiger partial charge < -0.3 is 9.47 Å². The molecule has 0 bridgehead atoms.